The van der Waals surface area contributed by atoms with Crippen LogP contribution in [0, 0.1) is 0 Å². The number of rotatable bonds is 11. The van der Waals surface area contributed by atoms with Crippen LogP contribution in [0.25, 0.3) is 0 Å². The van der Waals surface area contributed by atoms with Gasteiger partial charge in [0.05, 0.1) is 19.8 Å². The summed E-state index contributed by atoms with van der Waals surface area (Å²) in [6.07, 6.45) is 1.58. The molecule has 0 saturated heterocycles. The van der Waals surface area contributed by atoms with Gasteiger partial charge >= 0.3 is 6.09 Å². The molecular weight excluding hydrogens is 360 g/mol. The van der Waals surface area contributed by atoms with E-state index in [9.17, 15) is 14.7 Å². The van der Waals surface area contributed by atoms with Crippen LogP contribution < -0.4 is 5.32 Å². The van der Waals surface area contributed by atoms with Crippen molar-refractivity contribution in [2.24, 2.45) is 0 Å². The molecular formula is C21H32N2O5. The van der Waals surface area contributed by atoms with Gasteiger partial charge < -0.3 is 24.8 Å². The van der Waals surface area contributed by atoms with E-state index in [2.05, 4.69) is 11.9 Å². The van der Waals surface area contributed by atoms with Crippen molar-refractivity contribution in [2.45, 2.75) is 45.4 Å². The van der Waals surface area contributed by atoms with Crippen LogP contribution in [0.15, 0.2) is 43.0 Å². The van der Waals surface area contributed by atoms with Crippen LogP contribution in [0.5, 0.6) is 0 Å². The quantitative estimate of drug-likeness (QED) is 0.565. The number of nitrogens with zero attached hydrogens (tertiary/aromatic N) is 1. The molecule has 0 aliphatic rings. The lowest BCUT2D eigenvalue weighted by molar-refractivity contribution is -0.135. The molecule has 156 valence electrons. The van der Waals surface area contributed by atoms with Gasteiger partial charge in [0.15, 0.2) is 0 Å². The van der Waals surface area contributed by atoms with Crippen LogP contribution in [0.2, 0.25) is 0 Å². The fourth-order valence-electron chi connectivity index (χ4n) is 2.41. The summed E-state index contributed by atoms with van der Waals surface area (Å²) in [5, 5.41) is 11.9. The van der Waals surface area contributed by atoms with Crippen molar-refractivity contribution in [3.05, 3.63) is 48.6 Å². The first-order chi connectivity index (χ1) is 13.3. The van der Waals surface area contributed by atoms with Crippen LogP contribution in [0.3, 0.4) is 0 Å². The third kappa shape index (κ3) is 9.53. The molecule has 28 heavy (non-hydrogen) atoms. The molecule has 0 aliphatic carbocycles. The number of aliphatic hydroxyl groups is 1. The number of carbonyl (C=O) groups excluding carboxylic acids is 2. The highest BCUT2D eigenvalue weighted by molar-refractivity contribution is 5.86. The summed E-state index contributed by atoms with van der Waals surface area (Å²) in [7, 11) is 0. The Hall–Kier alpha value is -2.38. The van der Waals surface area contributed by atoms with Crippen molar-refractivity contribution in [1.29, 1.82) is 0 Å². The maximum Gasteiger partial charge on any atom is 0.408 e. The molecule has 0 unspecified atom stereocenters. The number of aliphatic hydroxyl groups excluding tert-OH is 1. The summed E-state index contributed by atoms with van der Waals surface area (Å²) in [6.45, 7) is 9.59. The first-order valence-electron chi connectivity index (χ1n) is 9.38. The molecule has 0 aromatic heterocycles. The van der Waals surface area contributed by atoms with Gasteiger partial charge in [0.1, 0.15) is 11.6 Å². The molecule has 0 spiro atoms. The molecule has 2 amide bonds. The Morgan fingerprint density at radius 2 is 1.93 bits per heavy atom. The Morgan fingerprint density at radius 1 is 1.25 bits per heavy atom. The van der Waals surface area contributed by atoms with E-state index in [-0.39, 0.29) is 25.7 Å². The first-order valence-corrected chi connectivity index (χ1v) is 9.38. The van der Waals surface area contributed by atoms with Crippen LogP contribution in [0.1, 0.15) is 32.8 Å². The Morgan fingerprint density at radius 3 is 2.50 bits per heavy atom. The largest absolute Gasteiger partial charge is 0.444 e. The Balaban J connectivity index is 2.80. The summed E-state index contributed by atoms with van der Waals surface area (Å²) in [4.78, 5) is 26.6. The van der Waals surface area contributed by atoms with Crippen LogP contribution >= 0.6 is 0 Å². The van der Waals surface area contributed by atoms with Crippen LogP contribution in [0.4, 0.5) is 4.79 Å². The predicted octanol–water partition coefficient (Wildman–Crippen LogP) is 2.49. The van der Waals surface area contributed by atoms with Crippen molar-refractivity contribution < 1.29 is 24.2 Å². The lowest BCUT2D eigenvalue weighted by atomic mass is 10.2. The molecule has 1 aromatic rings. The number of alkyl carbamates (subject to hydrolysis) is 1. The van der Waals surface area contributed by atoms with E-state index in [0.29, 0.717) is 19.6 Å². The third-order valence-electron chi connectivity index (χ3n) is 3.67. The molecule has 0 saturated carbocycles. The molecule has 7 heteroatoms. The topological polar surface area (TPSA) is 88.1 Å². The molecule has 0 radical (unpaired) electrons. The normalized spacial score (nSPS) is 12.1. The molecule has 0 fully saturated rings. The number of hydrogen-bond donors (Lipinski definition) is 2. The molecule has 1 aromatic carbocycles. The van der Waals surface area contributed by atoms with Gasteiger partial charge in [-0.25, -0.2) is 4.79 Å². The van der Waals surface area contributed by atoms with Crippen molar-refractivity contribution in [2.75, 3.05) is 26.3 Å². The number of hydrogen-bond acceptors (Lipinski definition) is 5. The lowest BCUT2D eigenvalue weighted by Crippen LogP contribution is -2.52. The maximum absolute atomic E-state index is 12.9. The molecule has 0 aliphatic heterocycles. The van der Waals surface area contributed by atoms with E-state index in [1.54, 1.807) is 26.8 Å². The zero-order valence-corrected chi connectivity index (χ0v) is 17.0. The van der Waals surface area contributed by atoms with E-state index in [1.807, 2.05) is 30.3 Å². The lowest BCUT2D eigenvalue weighted by Gasteiger charge is -2.28. The highest BCUT2D eigenvalue weighted by Crippen LogP contribution is 2.08. The van der Waals surface area contributed by atoms with E-state index in [4.69, 9.17) is 9.47 Å². The van der Waals surface area contributed by atoms with Crippen molar-refractivity contribution in [3.8, 4) is 0 Å². The summed E-state index contributed by atoms with van der Waals surface area (Å²) in [5.41, 5.74) is 0.278. The minimum absolute atomic E-state index is 0.0109. The first kappa shape index (κ1) is 23.7. The van der Waals surface area contributed by atoms with E-state index < -0.39 is 17.7 Å². The summed E-state index contributed by atoms with van der Waals surface area (Å²) in [5.74, 6) is -0.338. The fraction of sp³-hybridized carbons (Fsp3) is 0.524. The minimum Gasteiger partial charge on any atom is -0.444 e. The standard InChI is InChI=1S/C21H32N2O5/c1-5-6-12-23(13-14-24)19(25)18(22-20(26)28-21(2,3)4)16-27-15-17-10-8-7-9-11-17/h5,7-11,18,24H,1,6,12-16H2,2-4H3,(H,22,26)/t18-/m1/s1. The van der Waals surface area contributed by atoms with E-state index >= 15 is 0 Å². The number of ether oxygens (including phenoxy) is 2. The van der Waals surface area contributed by atoms with Gasteiger partial charge in [-0.3, -0.25) is 4.79 Å². The van der Waals surface area contributed by atoms with Crippen molar-refractivity contribution >= 4 is 12.0 Å². The number of carbonyl (C=O) groups is 2. The van der Waals surface area contributed by atoms with E-state index in [0.717, 1.165) is 5.56 Å². The highest BCUT2D eigenvalue weighted by atomic mass is 16.6. The SMILES string of the molecule is C=CCCN(CCO)C(=O)[C@@H](COCc1ccccc1)NC(=O)OC(C)(C)C. The van der Waals surface area contributed by atoms with Gasteiger partial charge in [0.2, 0.25) is 5.91 Å². The average molecular weight is 392 g/mol. The fourth-order valence-corrected chi connectivity index (χ4v) is 2.41. The molecule has 2 N–H and O–H groups in total. The van der Waals surface area contributed by atoms with Gasteiger partial charge in [0.25, 0.3) is 0 Å². The third-order valence-corrected chi connectivity index (χ3v) is 3.67. The zero-order valence-electron chi connectivity index (χ0n) is 17.0. The predicted molar refractivity (Wildman–Crippen MR) is 108 cm³/mol. The Labute approximate surface area is 167 Å². The summed E-state index contributed by atoms with van der Waals surface area (Å²) in [6, 6.07) is 8.62. The minimum atomic E-state index is -0.921. The van der Waals surface area contributed by atoms with Gasteiger partial charge in [-0.15, -0.1) is 6.58 Å². The zero-order chi connectivity index (χ0) is 21.0. The molecule has 1 atom stereocenters. The van der Waals surface area contributed by atoms with Gasteiger partial charge in [0, 0.05) is 13.1 Å². The van der Waals surface area contributed by atoms with E-state index in [1.165, 1.54) is 4.90 Å². The van der Waals surface area contributed by atoms with Crippen molar-refractivity contribution in [3.63, 3.8) is 0 Å². The number of amides is 2. The number of nitrogens with one attached hydrogen (secondary N) is 1. The second-order valence-electron chi connectivity index (χ2n) is 7.33. The monoisotopic (exact) mass is 392 g/mol. The Bertz CT molecular complexity index is 613. The molecule has 7 nitrogen and oxygen atoms in total. The van der Waals surface area contributed by atoms with Crippen LogP contribution in [-0.4, -0.2) is 60.0 Å². The molecule has 0 bridgehead atoms. The van der Waals surface area contributed by atoms with Gasteiger partial charge in [-0.2, -0.15) is 0 Å². The molecule has 0 heterocycles. The highest BCUT2D eigenvalue weighted by Gasteiger charge is 2.28. The van der Waals surface area contributed by atoms with Crippen molar-refractivity contribution in [1.82, 2.24) is 10.2 Å². The second kappa shape index (κ2) is 12.2. The van der Waals surface area contributed by atoms with Gasteiger partial charge in [-0.1, -0.05) is 36.4 Å². The maximum atomic E-state index is 12.9. The second-order valence-corrected chi connectivity index (χ2v) is 7.33. The summed E-state index contributed by atoms with van der Waals surface area (Å²) < 4.78 is 10.9. The van der Waals surface area contributed by atoms with Crippen LogP contribution in [-0.2, 0) is 20.9 Å². The average Bonchev–Trinajstić information content (AvgIpc) is 2.63. The number of benzene rings is 1. The Kier molecular flexibility index (Phi) is 10.3. The smallest absolute Gasteiger partial charge is 0.408 e. The molecule has 1 rings (SSSR count). The summed E-state index contributed by atoms with van der Waals surface area (Å²) >= 11 is 0. The van der Waals surface area contributed by atoms with Gasteiger partial charge in [-0.05, 0) is 32.8 Å².